The van der Waals surface area contributed by atoms with Crippen LogP contribution in [0, 0.1) is 5.92 Å². The van der Waals surface area contributed by atoms with E-state index in [1.165, 1.54) is 0 Å². The number of halogens is 1. The molecule has 0 bridgehead atoms. The number of carbonyl (C=O) groups is 2. The number of hydrogen-bond donors (Lipinski definition) is 1. The molecule has 3 aromatic rings. The van der Waals surface area contributed by atoms with Gasteiger partial charge in [0.2, 0.25) is 18.6 Å². The smallest absolute Gasteiger partial charge is 0.231 e. The Labute approximate surface area is 183 Å². The molecule has 0 spiro atoms. The van der Waals surface area contributed by atoms with E-state index in [1.807, 2.05) is 24.3 Å². The van der Waals surface area contributed by atoms with Gasteiger partial charge in [-0.2, -0.15) is 5.10 Å². The summed E-state index contributed by atoms with van der Waals surface area (Å²) in [6.45, 7) is 0.962. The molecule has 9 heteroatoms. The lowest BCUT2D eigenvalue weighted by atomic mass is 10.1. The third-order valence-electron chi connectivity index (χ3n) is 5.38. The second kappa shape index (κ2) is 7.96. The van der Waals surface area contributed by atoms with Gasteiger partial charge >= 0.3 is 0 Å². The van der Waals surface area contributed by atoms with Gasteiger partial charge in [-0.05, 0) is 29.8 Å². The van der Waals surface area contributed by atoms with Crippen molar-refractivity contribution in [3.05, 3.63) is 65.3 Å². The van der Waals surface area contributed by atoms with Gasteiger partial charge in [-0.25, -0.2) is 4.68 Å². The summed E-state index contributed by atoms with van der Waals surface area (Å²) in [6.07, 6.45) is 1.77. The van der Waals surface area contributed by atoms with Gasteiger partial charge in [0, 0.05) is 35.8 Å². The maximum atomic E-state index is 12.9. The lowest BCUT2D eigenvalue weighted by molar-refractivity contribution is -0.122. The number of ether oxygens (including phenoxy) is 2. The first-order valence-corrected chi connectivity index (χ1v) is 10.2. The minimum absolute atomic E-state index is 0.103. The fourth-order valence-electron chi connectivity index (χ4n) is 3.74. The van der Waals surface area contributed by atoms with Crippen LogP contribution in [0.3, 0.4) is 0 Å². The molecule has 1 atom stereocenters. The second-order valence-corrected chi connectivity index (χ2v) is 7.87. The van der Waals surface area contributed by atoms with Gasteiger partial charge in [-0.1, -0.05) is 23.7 Å². The van der Waals surface area contributed by atoms with Crippen molar-refractivity contribution in [3.8, 4) is 11.5 Å². The molecule has 1 saturated heterocycles. The van der Waals surface area contributed by atoms with E-state index in [0.717, 1.165) is 5.56 Å². The molecule has 2 aromatic carbocycles. The maximum absolute atomic E-state index is 12.9. The van der Waals surface area contributed by atoms with Crippen LogP contribution in [0.4, 0.5) is 11.5 Å². The van der Waals surface area contributed by atoms with Gasteiger partial charge in [0.05, 0.1) is 18.7 Å². The summed E-state index contributed by atoms with van der Waals surface area (Å²) >= 11 is 5.94. The van der Waals surface area contributed by atoms with E-state index in [-0.39, 0.29) is 25.0 Å². The fourth-order valence-corrected chi connectivity index (χ4v) is 3.87. The normalized spacial score (nSPS) is 17.3. The van der Waals surface area contributed by atoms with E-state index >= 15 is 0 Å². The van der Waals surface area contributed by atoms with Crippen LogP contribution in [0.25, 0.3) is 0 Å². The molecule has 2 aliphatic rings. The standard InChI is InChI=1S/C22H19ClN4O4/c23-16-3-1-14(2-4-16)11-27-20(7-8-24-27)25-22(29)15-9-21(28)26(12-15)17-5-6-18-19(10-17)31-13-30-18/h1-8,10,15H,9,11-13H2,(H,25,29). The molecule has 1 N–H and O–H groups in total. The topological polar surface area (TPSA) is 85.7 Å². The number of hydrogen-bond acceptors (Lipinski definition) is 5. The first-order chi connectivity index (χ1) is 15.1. The van der Waals surface area contributed by atoms with E-state index in [2.05, 4.69) is 10.4 Å². The summed E-state index contributed by atoms with van der Waals surface area (Å²) in [5, 5.41) is 7.86. The van der Waals surface area contributed by atoms with Crippen LogP contribution in [-0.4, -0.2) is 34.9 Å². The molecule has 1 aromatic heterocycles. The number of anilines is 2. The Morgan fingerprint density at radius 3 is 2.77 bits per heavy atom. The molecule has 0 aliphatic carbocycles. The molecule has 0 radical (unpaired) electrons. The molecule has 2 aliphatic heterocycles. The molecule has 158 valence electrons. The van der Waals surface area contributed by atoms with E-state index in [9.17, 15) is 9.59 Å². The van der Waals surface area contributed by atoms with Gasteiger partial charge in [0.25, 0.3) is 0 Å². The molecule has 31 heavy (non-hydrogen) atoms. The molecule has 0 saturated carbocycles. The summed E-state index contributed by atoms with van der Waals surface area (Å²) in [7, 11) is 0. The van der Waals surface area contributed by atoms with Crippen molar-refractivity contribution in [3.63, 3.8) is 0 Å². The van der Waals surface area contributed by atoms with Crippen LogP contribution in [0.15, 0.2) is 54.7 Å². The number of amides is 2. The van der Waals surface area contributed by atoms with Gasteiger partial charge < -0.3 is 19.7 Å². The number of carbonyl (C=O) groups excluding carboxylic acids is 2. The summed E-state index contributed by atoms with van der Waals surface area (Å²) in [5.41, 5.74) is 1.70. The highest BCUT2D eigenvalue weighted by Crippen LogP contribution is 2.37. The Hall–Kier alpha value is -3.52. The van der Waals surface area contributed by atoms with E-state index in [1.54, 1.807) is 40.0 Å². The molecule has 2 amide bonds. The van der Waals surface area contributed by atoms with Gasteiger partial charge in [-0.15, -0.1) is 0 Å². The average molecular weight is 439 g/mol. The lowest BCUT2D eigenvalue weighted by Gasteiger charge is -2.17. The SMILES string of the molecule is O=C(Nc1ccnn1Cc1ccc(Cl)cc1)C1CC(=O)N(c2ccc3c(c2)OCO3)C1. The van der Waals surface area contributed by atoms with E-state index in [0.29, 0.717) is 41.1 Å². The highest BCUT2D eigenvalue weighted by Gasteiger charge is 2.36. The fraction of sp³-hybridized carbons (Fsp3) is 0.227. The molecule has 3 heterocycles. The first-order valence-electron chi connectivity index (χ1n) is 9.84. The molecular formula is C22H19ClN4O4. The summed E-state index contributed by atoms with van der Waals surface area (Å²) < 4.78 is 12.4. The minimum atomic E-state index is -0.461. The molecular weight excluding hydrogens is 420 g/mol. The van der Waals surface area contributed by atoms with Crippen molar-refractivity contribution in [2.24, 2.45) is 5.92 Å². The van der Waals surface area contributed by atoms with Gasteiger partial charge in [-0.3, -0.25) is 9.59 Å². The van der Waals surface area contributed by atoms with Crippen molar-refractivity contribution >= 4 is 34.9 Å². The largest absolute Gasteiger partial charge is 0.454 e. The predicted molar refractivity (Wildman–Crippen MR) is 114 cm³/mol. The number of rotatable bonds is 5. The second-order valence-electron chi connectivity index (χ2n) is 7.43. The van der Waals surface area contributed by atoms with Crippen molar-refractivity contribution in [1.82, 2.24) is 9.78 Å². The van der Waals surface area contributed by atoms with E-state index in [4.69, 9.17) is 21.1 Å². The maximum Gasteiger partial charge on any atom is 0.231 e. The van der Waals surface area contributed by atoms with Crippen LogP contribution >= 0.6 is 11.6 Å². The zero-order chi connectivity index (χ0) is 21.4. The molecule has 1 unspecified atom stereocenters. The quantitative estimate of drug-likeness (QED) is 0.660. The number of aromatic nitrogens is 2. The molecule has 1 fully saturated rings. The summed E-state index contributed by atoms with van der Waals surface area (Å²) in [5.74, 6) is 1.05. The molecule has 5 rings (SSSR count). The third kappa shape index (κ3) is 3.94. The number of nitrogens with one attached hydrogen (secondary N) is 1. The van der Waals surface area contributed by atoms with Gasteiger partial charge in [0.15, 0.2) is 11.5 Å². The predicted octanol–water partition coefficient (Wildman–Crippen LogP) is 3.31. The van der Waals surface area contributed by atoms with Crippen molar-refractivity contribution in [2.45, 2.75) is 13.0 Å². The average Bonchev–Trinajstić information content (AvgIpc) is 3.49. The van der Waals surface area contributed by atoms with Crippen molar-refractivity contribution in [1.29, 1.82) is 0 Å². The monoisotopic (exact) mass is 438 g/mol. The Kier molecular flexibility index (Phi) is 4.99. The highest BCUT2D eigenvalue weighted by atomic mass is 35.5. The lowest BCUT2D eigenvalue weighted by Crippen LogP contribution is -2.28. The third-order valence-corrected chi connectivity index (χ3v) is 5.63. The summed E-state index contributed by atoms with van der Waals surface area (Å²) in [6, 6.07) is 14.5. The Morgan fingerprint density at radius 1 is 1.13 bits per heavy atom. The van der Waals surface area contributed by atoms with Crippen molar-refractivity contribution < 1.29 is 19.1 Å². The number of benzene rings is 2. The van der Waals surface area contributed by atoms with Gasteiger partial charge in [0.1, 0.15) is 5.82 Å². The molecule has 8 nitrogen and oxygen atoms in total. The highest BCUT2D eigenvalue weighted by molar-refractivity contribution is 6.30. The van der Waals surface area contributed by atoms with Crippen LogP contribution < -0.4 is 19.7 Å². The Morgan fingerprint density at radius 2 is 1.94 bits per heavy atom. The summed E-state index contributed by atoms with van der Waals surface area (Å²) in [4.78, 5) is 27.1. The van der Waals surface area contributed by atoms with Crippen LogP contribution in [-0.2, 0) is 16.1 Å². The zero-order valence-electron chi connectivity index (χ0n) is 16.5. The minimum Gasteiger partial charge on any atom is -0.454 e. The Bertz CT molecular complexity index is 1140. The zero-order valence-corrected chi connectivity index (χ0v) is 17.2. The first kappa shape index (κ1) is 19.4. The van der Waals surface area contributed by atoms with E-state index < -0.39 is 5.92 Å². The number of fused-ring (bicyclic) bond motifs is 1. The van der Waals surface area contributed by atoms with Crippen LogP contribution in [0.5, 0.6) is 11.5 Å². The van der Waals surface area contributed by atoms with Crippen LogP contribution in [0.2, 0.25) is 5.02 Å². The Balaban J connectivity index is 1.26. The number of nitrogens with zero attached hydrogens (tertiary/aromatic N) is 3. The van der Waals surface area contributed by atoms with Crippen LogP contribution in [0.1, 0.15) is 12.0 Å². The van der Waals surface area contributed by atoms with Crippen molar-refractivity contribution in [2.75, 3.05) is 23.6 Å².